The Morgan fingerprint density at radius 2 is 1.48 bits per heavy atom. The summed E-state index contributed by atoms with van der Waals surface area (Å²) in [5, 5.41) is 3.67. The van der Waals surface area contributed by atoms with E-state index < -0.39 is 0 Å². The van der Waals surface area contributed by atoms with Gasteiger partial charge in [-0.15, -0.1) is 0 Å². The Morgan fingerprint density at radius 1 is 0.952 bits per heavy atom. The summed E-state index contributed by atoms with van der Waals surface area (Å²) in [5.41, 5.74) is 0.0183. The zero-order valence-electron chi connectivity index (χ0n) is 15.3. The molecule has 1 N–H and O–H groups in total. The second kappa shape index (κ2) is 6.20. The predicted molar refractivity (Wildman–Crippen MR) is 90.5 cm³/mol. The highest BCUT2D eigenvalue weighted by Gasteiger charge is 2.50. The van der Waals surface area contributed by atoms with E-state index >= 15 is 0 Å². The van der Waals surface area contributed by atoms with Crippen molar-refractivity contribution in [1.82, 2.24) is 5.32 Å². The van der Waals surface area contributed by atoms with E-state index in [0.717, 1.165) is 17.8 Å². The molecule has 2 rings (SSSR count). The molecule has 1 aliphatic carbocycles. The van der Waals surface area contributed by atoms with Crippen molar-refractivity contribution in [2.75, 3.05) is 7.05 Å². The Balaban J connectivity index is 2.04. The summed E-state index contributed by atoms with van der Waals surface area (Å²) in [6, 6.07) is 0.606. The fraction of sp³-hybridized carbons (Fsp3) is 1.00. The van der Waals surface area contributed by atoms with Crippen LogP contribution in [0.1, 0.15) is 73.6 Å². The topological polar surface area (TPSA) is 21.3 Å². The highest BCUT2D eigenvalue weighted by atomic mass is 16.5. The minimum atomic E-state index is -0.00786. The van der Waals surface area contributed by atoms with Gasteiger partial charge in [-0.1, -0.05) is 13.8 Å². The van der Waals surface area contributed by atoms with E-state index in [1.165, 1.54) is 32.1 Å². The van der Waals surface area contributed by atoms with Crippen molar-refractivity contribution in [2.24, 2.45) is 23.7 Å². The Morgan fingerprint density at radius 3 is 1.86 bits per heavy atom. The van der Waals surface area contributed by atoms with Gasteiger partial charge in [0.25, 0.3) is 0 Å². The first-order chi connectivity index (χ1) is 9.66. The third-order valence-corrected chi connectivity index (χ3v) is 6.18. The minimum Gasteiger partial charge on any atom is -0.369 e. The predicted octanol–water partition coefficient (Wildman–Crippen LogP) is 4.63. The first-order valence-electron chi connectivity index (χ1n) is 9.04. The molecule has 1 aliphatic heterocycles. The molecule has 1 saturated heterocycles. The van der Waals surface area contributed by atoms with Gasteiger partial charge in [-0.3, -0.25) is 0 Å². The van der Waals surface area contributed by atoms with Crippen LogP contribution in [0.15, 0.2) is 0 Å². The SMILES string of the molecule is CNC(C1CCC(C(C)C)CC1)C1CC(C)(C)OC1(C)C. The van der Waals surface area contributed by atoms with Gasteiger partial charge >= 0.3 is 0 Å². The molecule has 0 aromatic rings. The quantitative estimate of drug-likeness (QED) is 0.816. The van der Waals surface area contributed by atoms with Crippen molar-refractivity contribution < 1.29 is 4.74 Å². The monoisotopic (exact) mass is 295 g/mol. The zero-order chi connectivity index (χ0) is 15.8. The summed E-state index contributed by atoms with van der Waals surface area (Å²) in [5.74, 6) is 3.25. The molecule has 124 valence electrons. The van der Waals surface area contributed by atoms with Crippen molar-refractivity contribution in [3.8, 4) is 0 Å². The van der Waals surface area contributed by atoms with Gasteiger partial charge in [0.1, 0.15) is 0 Å². The van der Waals surface area contributed by atoms with Crippen LogP contribution in [0.25, 0.3) is 0 Å². The number of rotatable bonds is 4. The molecule has 2 nitrogen and oxygen atoms in total. The van der Waals surface area contributed by atoms with E-state index in [1.54, 1.807) is 0 Å². The fourth-order valence-corrected chi connectivity index (χ4v) is 5.10. The molecule has 0 bridgehead atoms. The van der Waals surface area contributed by atoms with Gasteiger partial charge in [-0.25, -0.2) is 0 Å². The second-order valence-corrected chi connectivity index (χ2v) is 9.01. The average molecular weight is 296 g/mol. The van der Waals surface area contributed by atoms with Crippen molar-refractivity contribution in [1.29, 1.82) is 0 Å². The van der Waals surface area contributed by atoms with Crippen molar-refractivity contribution in [2.45, 2.75) is 90.9 Å². The smallest absolute Gasteiger partial charge is 0.0677 e. The molecule has 0 amide bonds. The Kier molecular flexibility index (Phi) is 5.10. The third kappa shape index (κ3) is 3.82. The molecule has 2 unspecified atom stereocenters. The molecular weight excluding hydrogens is 258 g/mol. The molecule has 2 fully saturated rings. The van der Waals surface area contributed by atoms with Crippen LogP contribution < -0.4 is 5.32 Å². The molecule has 0 aromatic carbocycles. The lowest BCUT2D eigenvalue weighted by Gasteiger charge is -2.41. The standard InChI is InChI=1S/C19H37NO/c1-13(2)14-8-10-15(11-9-14)17(20-7)16-12-18(3,4)21-19(16,5)6/h13-17,20H,8-12H2,1-7H3. The van der Waals surface area contributed by atoms with Crippen molar-refractivity contribution >= 4 is 0 Å². The third-order valence-electron chi connectivity index (χ3n) is 6.18. The first-order valence-corrected chi connectivity index (χ1v) is 9.04. The van der Waals surface area contributed by atoms with Crippen LogP contribution in [0, 0.1) is 23.7 Å². The normalized spacial score (nSPS) is 36.9. The van der Waals surface area contributed by atoms with Gasteiger partial charge in [0.05, 0.1) is 11.2 Å². The molecule has 0 aromatic heterocycles. The molecule has 0 radical (unpaired) electrons. The molecule has 21 heavy (non-hydrogen) atoms. The lowest BCUT2D eigenvalue weighted by molar-refractivity contribution is -0.0802. The van der Waals surface area contributed by atoms with E-state index in [4.69, 9.17) is 4.74 Å². The summed E-state index contributed by atoms with van der Waals surface area (Å²) < 4.78 is 6.34. The van der Waals surface area contributed by atoms with Gasteiger partial charge in [0.15, 0.2) is 0 Å². The molecule has 2 atom stereocenters. The molecule has 1 heterocycles. The second-order valence-electron chi connectivity index (χ2n) is 9.01. The summed E-state index contributed by atoms with van der Waals surface area (Å²) in [7, 11) is 2.15. The zero-order valence-corrected chi connectivity index (χ0v) is 15.3. The molecule has 1 saturated carbocycles. The van der Waals surface area contributed by atoms with Crippen LogP contribution in [0.2, 0.25) is 0 Å². The Bertz CT molecular complexity index is 339. The van der Waals surface area contributed by atoms with Crippen LogP contribution in [0.3, 0.4) is 0 Å². The van der Waals surface area contributed by atoms with E-state index in [9.17, 15) is 0 Å². The summed E-state index contributed by atoms with van der Waals surface area (Å²) >= 11 is 0. The molecule has 2 aliphatic rings. The number of hydrogen-bond donors (Lipinski definition) is 1. The fourth-order valence-electron chi connectivity index (χ4n) is 5.10. The lowest BCUT2D eigenvalue weighted by Crippen LogP contribution is -2.48. The highest BCUT2D eigenvalue weighted by Crippen LogP contribution is 2.47. The number of ether oxygens (including phenoxy) is 1. The first kappa shape index (κ1) is 17.3. The summed E-state index contributed by atoms with van der Waals surface area (Å²) in [4.78, 5) is 0. The van der Waals surface area contributed by atoms with Crippen LogP contribution in [-0.2, 0) is 4.74 Å². The average Bonchev–Trinajstić information content (AvgIpc) is 2.59. The van der Waals surface area contributed by atoms with Gasteiger partial charge in [0, 0.05) is 12.0 Å². The highest BCUT2D eigenvalue weighted by molar-refractivity contribution is 5.01. The molecule has 2 heteroatoms. The summed E-state index contributed by atoms with van der Waals surface area (Å²) in [6.07, 6.45) is 6.79. The van der Waals surface area contributed by atoms with E-state index in [0.29, 0.717) is 12.0 Å². The largest absolute Gasteiger partial charge is 0.369 e. The van der Waals surface area contributed by atoms with Gasteiger partial charge in [-0.05, 0) is 84.6 Å². The maximum atomic E-state index is 6.34. The maximum Gasteiger partial charge on any atom is 0.0677 e. The number of nitrogens with one attached hydrogen (secondary N) is 1. The van der Waals surface area contributed by atoms with Gasteiger partial charge in [0.2, 0.25) is 0 Å². The van der Waals surface area contributed by atoms with Crippen LogP contribution >= 0.6 is 0 Å². The lowest BCUT2D eigenvalue weighted by atomic mass is 9.69. The van der Waals surface area contributed by atoms with Crippen LogP contribution in [0.4, 0.5) is 0 Å². The maximum absolute atomic E-state index is 6.34. The number of hydrogen-bond acceptors (Lipinski definition) is 2. The Hall–Kier alpha value is -0.0800. The van der Waals surface area contributed by atoms with Gasteiger partial charge in [-0.2, -0.15) is 0 Å². The molecular formula is C19H37NO. The molecule has 0 spiro atoms. The van der Waals surface area contributed by atoms with E-state index in [-0.39, 0.29) is 11.2 Å². The van der Waals surface area contributed by atoms with E-state index in [1.807, 2.05) is 0 Å². The van der Waals surface area contributed by atoms with Crippen molar-refractivity contribution in [3.05, 3.63) is 0 Å². The summed E-state index contributed by atoms with van der Waals surface area (Å²) in [6.45, 7) is 13.8. The minimum absolute atomic E-state index is 0.00786. The van der Waals surface area contributed by atoms with E-state index in [2.05, 4.69) is 53.9 Å². The van der Waals surface area contributed by atoms with Gasteiger partial charge < -0.3 is 10.1 Å². The Labute approximate surface area is 132 Å². The van der Waals surface area contributed by atoms with Crippen molar-refractivity contribution in [3.63, 3.8) is 0 Å². The van der Waals surface area contributed by atoms with Crippen LogP contribution in [-0.4, -0.2) is 24.3 Å². The van der Waals surface area contributed by atoms with Crippen LogP contribution in [0.5, 0.6) is 0 Å².